The Labute approximate surface area is 139 Å². The third-order valence-electron chi connectivity index (χ3n) is 3.09. The lowest BCUT2D eigenvalue weighted by molar-refractivity contribution is -0.137. The second-order valence-electron chi connectivity index (χ2n) is 6.29. The Balaban J connectivity index is 2.53. The molecule has 2 amide bonds. The van der Waals surface area contributed by atoms with Crippen molar-refractivity contribution >= 4 is 34.3 Å². The molecular formula is C15H23N3O4S. The van der Waals surface area contributed by atoms with Crippen molar-refractivity contribution in [1.82, 2.24) is 10.3 Å². The zero-order chi connectivity index (χ0) is 17.6. The van der Waals surface area contributed by atoms with Crippen molar-refractivity contribution in [2.45, 2.75) is 52.5 Å². The first-order chi connectivity index (χ1) is 10.6. The first-order valence-electron chi connectivity index (χ1n) is 7.37. The number of carboxylic acids is 1. The highest BCUT2D eigenvalue weighted by molar-refractivity contribution is 7.13. The quantitative estimate of drug-likeness (QED) is 0.670. The highest BCUT2D eigenvalue weighted by Gasteiger charge is 2.22. The zero-order valence-electron chi connectivity index (χ0n) is 13.8. The molecule has 8 heteroatoms. The molecule has 3 N–H and O–H groups in total. The first kappa shape index (κ1) is 19.1. The third kappa shape index (κ3) is 7.23. The molecular weight excluding hydrogens is 318 g/mol. The van der Waals surface area contributed by atoms with E-state index in [9.17, 15) is 14.4 Å². The van der Waals surface area contributed by atoms with Crippen LogP contribution < -0.4 is 10.6 Å². The van der Waals surface area contributed by atoms with E-state index in [2.05, 4.69) is 15.6 Å². The number of rotatable bonds is 8. The van der Waals surface area contributed by atoms with E-state index in [-0.39, 0.29) is 30.6 Å². The van der Waals surface area contributed by atoms with E-state index in [1.807, 2.05) is 0 Å². The number of nitrogens with zero attached hydrogens (tertiary/aromatic N) is 1. The third-order valence-corrected chi connectivity index (χ3v) is 3.90. The van der Waals surface area contributed by atoms with Gasteiger partial charge in [0.15, 0.2) is 5.13 Å². The van der Waals surface area contributed by atoms with Gasteiger partial charge in [-0.25, -0.2) is 4.98 Å². The number of nitrogens with one attached hydrogen (secondary N) is 2. The predicted octanol–water partition coefficient (Wildman–Crippen LogP) is 2.04. The Morgan fingerprint density at radius 3 is 2.57 bits per heavy atom. The molecule has 0 aliphatic rings. The molecule has 0 saturated carbocycles. The molecule has 0 aliphatic heterocycles. The van der Waals surface area contributed by atoms with Gasteiger partial charge in [-0.3, -0.25) is 14.4 Å². The SMILES string of the molecule is CC(C)C(=O)Nc1nc(CC(=O)NC(C)(C)CCC(=O)O)cs1. The molecule has 0 bridgehead atoms. The van der Waals surface area contributed by atoms with Gasteiger partial charge in [0.05, 0.1) is 12.1 Å². The monoisotopic (exact) mass is 341 g/mol. The van der Waals surface area contributed by atoms with E-state index in [1.165, 1.54) is 11.3 Å². The molecule has 0 unspecified atom stereocenters. The first-order valence-corrected chi connectivity index (χ1v) is 8.25. The van der Waals surface area contributed by atoms with Gasteiger partial charge in [0.25, 0.3) is 0 Å². The van der Waals surface area contributed by atoms with Crippen molar-refractivity contribution in [3.8, 4) is 0 Å². The van der Waals surface area contributed by atoms with Crippen LogP contribution in [0.1, 0.15) is 46.2 Å². The average Bonchev–Trinajstić information content (AvgIpc) is 2.82. The number of anilines is 1. The molecule has 23 heavy (non-hydrogen) atoms. The Morgan fingerprint density at radius 2 is 2.00 bits per heavy atom. The van der Waals surface area contributed by atoms with E-state index in [4.69, 9.17) is 5.11 Å². The fourth-order valence-electron chi connectivity index (χ4n) is 1.76. The smallest absolute Gasteiger partial charge is 0.303 e. The number of hydrogen-bond acceptors (Lipinski definition) is 5. The number of carbonyl (C=O) groups excluding carboxylic acids is 2. The number of hydrogen-bond donors (Lipinski definition) is 3. The summed E-state index contributed by atoms with van der Waals surface area (Å²) >= 11 is 1.27. The van der Waals surface area contributed by atoms with Gasteiger partial charge in [0, 0.05) is 23.3 Å². The minimum atomic E-state index is -0.891. The fraction of sp³-hybridized carbons (Fsp3) is 0.600. The van der Waals surface area contributed by atoms with Gasteiger partial charge >= 0.3 is 5.97 Å². The number of amides is 2. The van der Waals surface area contributed by atoms with Crippen molar-refractivity contribution in [1.29, 1.82) is 0 Å². The van der Waals surface area contributed by atoms with Crippen molar-refractivity contribution in [3.63, 3.8) is 0 Å². The fourth-order valence-corrected chi connectivity index (χ4v) is 2.48. The van der Waals surface area contributed by atoms with Crippen LogP contribution in [0.4, 0.5) is 5.13 Å². The molecule has 1 aromatic heterocycles. The summed E-state index contributed by atoms with van der Waals surface area (Å²) < 4.78 is 0. The molecule has 128 valence electrons. The van der Waals surface area contributed by atoms with Gasteiger partial charge in [0.1, 0.15) is 0 Å². The van der Waals surface area contributed by atoms with Crippen LogP contribution >= 0.6 is 11.3 Å². The Hall–Kier alpha value is -1.96. The molecule has 0 saturated heterocycles. The summed E-state index contributed by atoms with van der Waals surface area (Å²) in [5.41, 5.74) is -0.0270. The second-order valence-corrected chi connectivity index (χ2v) is 7.15. The molecule has 1 heterocycles. The van der Waals surface area contributed by atoms with E-state index in [0.29, 0.717) is 17.2 Å². The lowest BCUT2D eigenvalue weighted by atomic mass is 9.98. The molecule has 0 fully saturated rings. The number of carbonyl (C=O) groups is 3. The van der Waals surface area contributed by atoms with Crippen molar-refractivity contribution < 1.29 is 19.5 Å². The number of thiazole rings is 1. The summed E-state index contributed by atoms with van der Waals surface area (Å²) in [4.78, 5) is 38.4. The normalized spacial score (nSPS) is 11.3. The van der Waals surface area contributed by atoms with E-state index in [1.54, 1.807) is 33.1 Å². The Kier molecular flexibility index (Phi) is 6.68. The van der Waals surface area contributed by atoms with Crippen molar-refractivity contribution in [2.24, 2.45) is 5.92 Å². The van der Waals surface area contributed by atoms with Gasteiger partial charge in [-0.15, -0.1) is 11.3 Å². The van der Waals surface area contributed by atoms with Crippen LogP contribution in [0.15, 0.2) is 5.38 Å². The molecule has 0 aromatic carbocycles. The lowest BCUT2D eigenvalue weighted by Gasteiger charge is -2.25. The maximum Gasteiger partial charge on any atom is 0.303 e. The van der Waals surface area contributed by atoms with Crippen LogP contribution in [0, 0.1) is 5.92 Å². The Morgan fingerprint density at radius 1 is 1.35 bits per heavy atom. The summed E-state index contributed by atoms with van der Waals surface area (Å²) in [7, 11) is 0. The zero-order valence-corrected chi connectivity index (χ0v) is 14.6. The minimum Gasteiger partial charge on any atom is -0.481 e. The molecule has 7 nitrogen and oxygen atoms in total. The van der Waals surface area contributed by atoms with Crippen LogP contribution in [0.2, 0.25) is 0 Å². The van der Waals surface area contributed by atoms with Gasteiger partial charge < -0.3 is 15.7 Å². The maximum atomic E-state index is 12.0. The van der Waals surface area contributed by atoms with Gasteiger partial charge in [-0.2, -0.15) is 0 Å². The highest BCUT2D eigenvalue weighted by atomic mass is 32.1. The molecule has 0 spiro atoms. The predicted molar refractivity (Wildman–Crippen MR) is 88.4 cm³/mol. The van der Waals surface area contributed by atoms with Gasteiger partial charge in [-0.05, 0) is 20.3 Å². The van der Waals surface area contributed by atoms with E-state index < -0.39 is 11.5 Å². The standard InChI is InChI=1S/C15H23N3O4S/c1-9(2)13(22)17-14-16-10(8-23-14)7-11(19)18-15(3,4)6-5-12(20)21/h8-9H,5-7H2,1-4H3,(H,18,19)(H,20,21)(H,16,17,22). The summed E-state index contributed by atoms with van der Waals surface area (Å²) in [6, 6.07) is 0. The number of aliphatic carboxylic acids is 1. The molecule has 1 aromatic rings. The highest BCUT2D eigenvalue weighted by Crippen LogP contribution is 2.17. The minimum absolute atomic E-state index is 0.00460. The molecule has 0 atom stereocenters. The van der Waals surface area contributed by atoms with Crippen LogP contribution in [0.5, 0.6) is 0 Å². The topological polar surface area (TPSA) is 108 Å². The van der Waals surface area contributed by atoms with Crippen LogP contribution in [-0.2, 0) is 20.8 Å². The average molecular weight is 341 g/mol. The largest absolute Gasteiger partial charge is 0.481 e. The maximum absolute atomic E-state index is 12.0. The van der Waals surface area contributed by atoms with Crippen LogP contribution in [-0.4, -0.2) is 33.4 Å². The molecule has 0 aliphatic carbocycles. The van der Waals surface area contributed by atoms with Gasteiger partial charge in [0.2, 0.25) is 11.8 Å². The van der Waals surface area contributed by atoms with Crippen molar-refractivity contribution in [2.75, 3.05) is 5.32 Å². The van der Waals surface area contributed by atoms with Gasteiger partial charge in [-0.1, -0.05) is 13.8 Å². The van der Waals surface area contributed by atoms with Crippen LogP contribution in [0.25, 0.3) is 0 Å². The Bertz CT molecular complexity index is 581. The van der Waals surface area contributed by atoms with E-state index in [0.717, 1.165) is 0 Å². The second kappa shape index (κ2) is 8.05. The number of aromatic nitrogens is 1. The lowest BCUT2D eigenvalue weighted by Crippen LogP contribution is -2.44. The number of carboxylic acid groups (broad SMARTS) is 1. The van der Waals surface area contributed by atoms with E-state index >= 15 is 0 Å². The molecule has 1 rings (SSSR count). The summed E-state index contributed by atoms with van der Waals surface area (Å²) in [6.07, 6.45) is 0.431. The van der Waals surface area contributed by atoms with Crippen molar-refractivity contribution in [3.05, 3.63) is 11.1 Å². The summed E-state index contributed by atoms with van der Waals surface area (Å²) in [6.45, 7) is 7.14. The summed E-state index contributed by atoms with van der Waals surface area (Å²) in [5, 5.41) is 16.4. The molecule has 0 radical (unpaired) electrons. The summed E-state index contributed by atoms with van der Waals surface area (Å²) in [5.74, 6) is -1.38. The van der Waals surface area contributed by atoms with Crippen LogP contribution in [0.3, 0.4) is 0 Å².